The molecule has 0 saturated heterocycles. The van der Waals surface area contributed by atoms with Crippen LogP contribution >= 0.6 is 43.2 Å². The van der Waals surface area contributed by atoms with Crippen LogP contribution in [0.1, 0.15) is 28.4 Å². The number of amides is 1. The predicted octanol–water partition coefficient (Wildman–Crippen LogP) is 7.09. The number of anilines is 2. The van der Waals surface area contributed by atoms with Crippen LogP contribution in [0.4, 0.5) is 10.8 Å². The van der Waals surface area contributed by atoms with Gasteiger partial charge in [-0.2, -0.15) is 5.10 Å². The minimum Gasteiger partial charge on any atom is -0.480 e. The van der Waals surface area contributed by atoms with Gasteiger partial charge in [0.1, 0.15) is 5.75 Å². The largest absolute Gasteiger partial charge is 0.480 e. The number of aryl methyl sites for hydroxylation is 1. The molecule has 11 heteroatoms. The van der Waals surface area contributed by atoms with Gasteiger partial charge in [0.2, 0.25) is 0 Å². The van der Waals surface area contributed by atoms with Gasteiger partial charge in [-0.3, -0.25) is 4.79 Å². The summed E-state index contributed by atoms with van der Waals surface area (Å²) < 4.78 is 11.6. The van der Waals surface area contributed by atoms with Crippen LogP contribution in [0.15, 0.2) is 80.1 Å². The lowest BCUT2D eigenvalue weighted by Gasteiger charge is -2.10. The Hall–Kier alpha value is -3.54. The summed E-state index contributed by atoms with van der Waals surface area (Å²) in [6.07, 6.45) is 1.51. The van der Waals surface area contributed by atoms with Crippen molar-refractivity contribution in [1.29, 1.82) is 0 Å². The van der Waals surface area contributed by atoms with Gasteiger partial charge in [-0.15, -0.1) is 11.3 Å². The molecule has 0 unspecified atom stereocenters. The highest BCUT2D eigenvalue weighted by molar-refractivity contribution is 9.11. The molecule has 0 aliphatic rings. The van der Waals surface area contributed by atoms with Crippen LogP contribution in [0.3, 0.4) is 0 Å². The first-order valence-electron chi connectivity index (χ1n) is 11.8. The molecule has 0 atom stereocenters. The van der Waals surface area contributed by atoms with Crippen molar-refractivity contribution >= 4 is 72.1 Å². The van der Waals surface area contributed by atoms with Gasteiger partial charge in [-0.25, -0.2) is 15.2 Å². The second-order valence-electron chi connectivity index (χ2n) is 8.21. The maximum Gasteiger partial charge on any atom is 0.344 e. The third kappa shape index (κ3) is 7.98. The Bertz CT molecular complexity index is 1470. The Morgan fingerprint density at radius 2 is 1.74 bits per heavy atom. The quantitative estimate of drug-likeness (QED) is 0.106. The highest BCUT2D eigenvalue weighted by atomic mass is 79.9. The molecule has 0 saturated carbocycles. The Kier molecular flexibility index (Phi) is 9.85. The molecule has 4 aromatic rings. The van der Waals surface area contributed by atoms with E-state index in [1.165, 1.54) is 23.1 Å². The zero-order valence-electron chi connectivity index (χ0n) is 21.0. The molecule has 0 fully saturated rings. The number of halogens is 2. The van der Waals surface area contributed by atoms with Crippen LogP contribution < -0.4 is 15.5 Å². The maximum absolute atomic E-state index is 12.6. The van der Waals surface area contributed by atoms with Crippen molar-refractivity contribution in [2.45, 2.75) is 13.8 Å². The molecule has 0 bridgehead atoms. The second-order valence-corrected chi connectivity index (χ2v) is 10.8. The number of nitrogens with one attached hydrogen (secondary N) is 2. The number of carbonyl (C=O) groups excluding carboxylic acids is 2. The number of benzene rings is 3. The van der Waals surface area contributed by atoms with Crippen molar-refractivity contribution in [3.63, 3.8) is 0 Å². The van der Waals surface area contributed by atoms with E-state index < -0.39 is 5.97 Å². The van der Waals surface area contributed by atoms with Gasteiger partial charge in [-0.1, -0.05) is 29.8 Å². The molecule has 0 radical (unpaired) electrons. The van der Waals surface area contributed by atoms with Gasteiger partial charge < -0.3 is 14.8 Å². The molecule has 0 aliphatic heterocycles. The van der Waals surface area contributed by atoms with Crippen molar-refractivity contribution < 1.29 is 19.1 Å². The smallest absolute Gasteiger partial charge is 0.344 e. The molecular formula is C28H24Br2N4O4S. The number of aromatic nitrogens is 1. The molecule has 1 amide bonds. The highest BCUT2D eigenvalue weighted by Gasteiger charge is 2.12. The third-order valence-corrected chi connectivity index (χ3v) is 7.23. The van der Waals surface area contributed by atoms with E-state index in [1.807, 2.05) is 48.7 Å². The first-order valence-corrected chi connectivity index (χ1v) is 14.3. The summed E-state index contributed by atoms with van der Waals surface area (Å²) in [6, 6.07) is 18.8. The molecule has 1 aromatic heterocycles. The van der Waals surface area contributed by atoms with Crippen LogP contribution in [0.5, 0.6) is 5.75 Å². The summed E-state index contributed by atoms with van der Waals surface area (Å²) in [5.74, 6) is -0.336. The van der Waals surface area contributed by atoms with Gasteiger partial charge >= 0.3 is 5.97 Å². The van der Waals surface area contributed by atoms with Gasteiger partial charge in [0, 0.05) is 22.2 Å². The minimum atomic E-state index is -0.454. The predicted molar refractivity (Wildman–Crippen MR) is 161 cm³/mol. The average molecular weight is 672 g/mol. The van der Waals surface area contributed by atoms with Gasteiger partial charge in [0.15, 0.2) is 11.7 Å². The van der Waals surface area contributed by atoms with Crippen LogP contribution in [-0.2, 0) is 9.53 Å². The zero-order valence-corrected chi connectivity index (χ0v) is 25.0. The molecule has 2 N–H and O–H groups in total. The number of hydrogen-bond acceptors (Lipinski definition) is 8. The van der Waals surface area contributed by atoms with Crippen LogP contribution in [0, 0.1) is 6.92 Å². The van der Waals surface area contributed by atoms with E-state index in [0.29, 0.717) is 25.8 Å². The molecule has 1 heterocycles. The summed E-state index contributed by atoms with van der Waals surface area (Å²) in [4.78, 5) is 28.8. The standard InChI is InChI=1S/C28H24Br2N4O4S/c1-3-37-25(35)15-38-26-22(29)12-18(13-23(26)30)14-31-34-27(36)20-8-6-19(7-9-20)24-16-39-28(33-24)32-21-10-4-17(2)5-11-21/h4-14,16H,3,15H2,1-2H3,(H,32,33)(H,34,36)/b31-14-. The first kappa shape index (κ1) is 28.5. The van der Waals surface area contributed by atoms with Gasteiger partial charge in [0.25, 0.3) is 5.91 Å². The number of rotatable bonds is 10. The van der Waals surface area contributed by atoms with E-state index in [4.69, 9.17) is 9.47 Å². The third-order valence-electron chi connectivity index (χ3n) is 5.29. The Balaban J connectivity index is 1.33. The lowest BCUT2D eigenvalue weighted by Crippen LogP contribution is -2.17. The van der Waals surface area contributed by atoms with Crippen LogP contribution in [0.2, 0.25) is 0 Å². The van der Waals surface area contributed by atoms with E-state index in [2.05, 4.69) is 52.7 Å². The second kappa shape index (κ2) is 13.5. The van der Waals surface area contributed by atoms with E-state index in [9.17, 15) is 9.59 Å². The summed E-state index contributed by atoms with van der Waals surface area (Å²) in [5, 5.41) is 10.1. The molecule has 0 spiro atoms. The Labute approximate surface area is 246 Å². The number of hydrazone groups is 1. The maximum atomic E-state index is 12.6. The van der Waals surface area contributed by atoms with Crippen molar-refractivity contribution in [2.24, 2.45) is 5.10 Å². The average Bonchev–Trinajstić information content (AvgIpc) is 3.38. The number of thiazole rings is 1. The molecule has 8 nitrogen and oxygen atoms in total. The molecular weight excluding hydrogens is 648 g/mol. The van der Waals surface area contributed by atoms with Gasteiger partial charge in [0.05, 0.1) is 27.5 Å². The number of hydrogen-bond donors (Lipinski definition) is 2. The lowest BCUT2D eigenvalue weighted by molar-refractivity contribution is -0.145. The van der Waals surface area contributed by atoms with Crippen molar-refractivity contribution in [3.05, 3.63) is 91.7 Å². The number of carbonyl (C=O) groups is 2. The van der Waals surface area contributed by atoms with Crippen LogP contribution in [0.25, 0.3) is 11.3 Å². The fourth-order valence-electron chi connectivity index (χ4n) is 3.37. The SMILES string of the molecule is CCOC(=O)COc1c(Br)cc(/C=N\NC(=O)c2ccc(-c3csc(Nc4ccc(C)cc4)n3)cc2)cc1Br. The summed E-state index contributed by atoms with van der Waals surface area (Å²) in [5.41, 5.74) is 7.61. The summed E-state index contributed by atoms with van der Waals surface area (Å²) >= 11 is 8.37. The van der Waals surface area contributed by atoms with E-state index in [1.54, 1.807) is 31.2 Å². The van der Waals surface area contributed by atoms with Gasteiger partial charge in [-0.05, 0) is 87.7 Å². The topological polar surface area (TPSA) is 102 Å². The highest BCUT2D eigenvalue weighted by Crippen LogP contribution is 2.34. The monoisotopic (exact) mass is 670 g/mol. The first-order chi connectivity index (χ1) is 18.8. The van der Waals surface area contributed by atoms with Crippen LogP contribution in [-0.4, -0.2) is 36.3 Å². The minimum absolute atomic E-state index is 0.207. The number of ether oxygens (including phenoxy) is 2. The fraction of sp³-hybridized carbons (Fsp3) is 0.143. The lowest BCUT2D eigenvalue weighted by atomic mass is 10.1. The molecule has 3 aromatic carbocycles. The number of esters is 1. The molecule has 4 rings (SSSR count). The molecule has 0 aliphatic carbocycles. The van der Waals surface area contributed by atoms with Crippen molar-refractivity contribution in [1.82, 2.24) is 10.4 Å². The van der Waals surface area contributed by atoms with E-state index in [0.717, 1.165) is 22.1 Å². The zero-order chi connectivity index (χ0) is 27.8. The normalized spacial score (nSPS) is 10.9. The van der Waals surface area contributed by atoms with Crippen molar-refractivity contribution in [3.8, 4) is 17.0 Å². The van der Waals surface area contributed by atoms with Crippen molar-refractivity contribution in [2.75, 3.05) is 18.5 Å². The Morgan fingerprint density at radius 3 is 2.41 bits per heavy atom. The molecule has 200 valence electrons. The Morgan fingerprint density at radius 1 is 1.05 bits per heavy atom. The molecule has 39 heavy (non-hydrogen) atoms. The number of nitrogens with zero attached hydrogens (tertiary/aromatic N) is 2. The fourth-order valence-corrected chi connectivity index (χ4v) is 5.56. The van der Waals surface area contributed by atoms with E-state index in [-0.39, 0.29) is 19.1 Å². The van der Waals surface area contributed by atoms with E-state index >= 15 is 0 Å². The summed E-state index contributed by atoms with van der Waals surface area (Å²) in [7, 11) is 0. The summed E-state index contributed by atoms with van der Waals surface area (Å²) in [6.45, 7) is 3.86.